The molecule has 0 bridgehead atoms. The van der Waals surface area contributed by atoms with Crippen LogP contribution in [0.5, 0.6) is 5.75 Å². The van der Waals surface area contributed by atoms with Gasteiger partial charge in [0.25, 0.3) is 0 Å². The summed E-state index contributed by atoms with van der Waals surface area (Å²) >= 11 is 0. The lowest BCUT2D eigenvalue weighted by molar-refractivity contribution is 0.267. The Morgan fingerprint density at radius 3 is 2.33 bits per heavy atom. The average molecular weight is 208 g/mol. The van der Waals surface area contributed by atoms with Crippen LogP contribution >= 0.6 is 0 Å². The maximum Gasteiger partial charge on any atom is 0.123 e. The van der Waals surface area contributed by atoms with Gasteiger partial charge in [-0.1, -0.05) is 39.0 Å². The fourth-order valence-electron chi connectivity index (χ4n) is 1.71. The van der Waals surface area contributed by atoms with Crippen molar-refractivity contribution in [3.63, 3.8) is 0 Å². The minimum absolute atomic E-state index is 0.0450. The fourth-order valence-corrected chi connectivity index (χ4v) is 1.71. The van der Waals surface area contributed by atoms with Crippen LogP contribution in [0.3, 0.4) is 0 Å². The number of nitrogens with one attached hydrogen (secondary N) is 1. The molecule has 3 heteroatoms. The lowest BCUT2D eigenvalue weighted by atomic mass is 9.82. The van der Waals surface area contributed by atoms with Gasteiger partial charge in [0.2, 0.25) is 0 Å². The zero-order chi connectivity index (χ0) is 11.5. The molecule has 0 aliphatic carbocycles. The van der Waals surface area contributed by atoms with Gasteiger partial charge in [-0.15, -0.1) is 0 Å². The third-order valence-electron chi connectivity index (χ3n) is 2.48. The van der Waals surface area contributed by atoms with E-state index in [1.807, 2.05) is 24.3 Å². The molecule has 0 spiro atoms. The largest absolute Gasteiger partial charge is 0.496 e. The maximum atomic E-state index is 5.61. The molecule has 1 atom stereocenters. The van der Waals surface area contributed by atoms with Crippen molar-refractivity contribution in [1.82, 2.24) is 5.43 Å². The van der Waals surface area contributed by atoms with Gasteiger partial charge in [0, 0.05) is 5.56 Å². The summed E-state index contributed by atoms with van der Waals surface area (Å²) in [7, 11) is 1.68. The van der Waals surface area contributed by atoms with Crippen LogP contribution in [0.25, 0.3) is 0 Å². The summed E-state index contributed by atoms with van der Waals surface area (Å²) in [6.45, 7) is 6.43. The summed E-state index contributed by atoms with van der Waals surface area (Å²) in [5.74, 6) is 6.48. The minimum atomic E-state index is 0.0450. The van der Waals surface area contributed by atoms with E-state index in [9.17, 15) is 0 Å². The highest BCUT2D eigenvalue weighted by molar-refractivity contribution is 5.36. The van der Waals surface area contributed by atoms with Gasteiger partial charge >= 0.3 is 0 Å². The number of methoxy groups -OCH3 is 1. The number of hydrogen-bond acceptors (Lipinski definition) is 3. The number of hydrazine groups is 1. The van der Waals surface area contributed by atoms with E-state index < -0.39 is 0 Å². The number of benzene rings is 1. The Hall–Kier alpha value is -1.06. The predicted molar refractivity (Wildman–Crippen MR) is 62.5 cm³/mol. The second kappa shape index (κ2) is 4.64. The molecule has 0 aromatic heterocycles. The third kappa shape index (κ3) is 2.70. The summed E-state index contributed by atoms with van der Waals surface area (Å²) in [5.41, 5.74) is 3.99. The number of hydrogen-bond donors (Lipinski definition) is 2. The van der Waals surface area contributed by atoms with Crippen LogP contribution in [-0.2, 0) is 0 Å². The quantitative estimate of drug-likeness (QED) is 0.591. The van der Waals surface area contributed by atoms with Crippen molar-refractivity contribution in [2.24, 2.45) is 11.3 Å². The first-order valence-electron chi connectivity index (χ1n) is 5.09. The van der Waals surface area contributed by atoms with Gasteiger partial charge in [-0.05, 0) is 11.5 Å². The van der Waals surface area contributed by atoms with Gasteiger partial charge in [0.05, 0.1) is 13.2 Å². The standard InChI is InChI=1S/C12H20N2O/c1-12(2,3)11(14-13)9-7-5-6-8-10(9)15-4/h5-8,11,14H,13H2,1-4H3. The molecule has 1 aromatic rings. The van der Waals surface area contributed by atoms with E-state index in [1.54, 1.807) is 7.11 Å². The predicted octanol–water partition coefficient (Wildman–Crippen LogP) is 2.25. The first kappa shape index (κ1) is 12.0. The Labute approximate surface area is 91.6 Å². The molecule has 15 heavy (non-hydrogen) atoms. The number of ether oxygens (including phenoxy) is 1. The molecule has 0 radical (unpaired) electrons. The summed E-state index contributed by atoms with van der Waals surface area (Å²) in [5, 5.41) is 0. The van der Waals surface area contributed by atoms with E-state index in [4.69, 9.17) is 10.6 Å². The van der Waals surface area contributed by atoms with Crippen molar-refractivity contribution in [2.75, 3.05) is 7.11 Å². The Balaban J connectivity index is 3.12. The zero-order valence-corrected chi connectivity index (χ0v) is 9.87. The molecular weight excluding hydrogens is 188 g/mol. The van der Waals surface area contributed by atoms with Gasteiger partial charge in [-0.25, -0.2) is 0 Å². The minimum Gasteiger partial charge on any atom is -0.496 e. The van der Waals surface area contributed by atoms with Crippen LogP contribution in [0.2, 0.25) is 0 Å². The maximum absolute atomic E-state index is 5.61. The fraction of sp³-hybridized carbons (Fsp3) is 0.500. The van der Waals surface area contributed by atoms with Crippen LogP contribution in [0.4, 0.5) is 0 Å². The molecular formula is C12H20N2O. The molecule has 1 rings (SSSR count). The molecule has 0 amide bonds. The number of rotatable bonds is 3. The van der Waals surface area contributed by atoms with E-state index in [-0.39, 0.29) is 11.5 Å². The van der Waals surface area contributed by atoms with Gasteiger partial charge in [0.15, 0.2) is 0 Å². The smallest absolute Gasteiger partial charge is 0.123 e. The lowest BCUT2D eigenvalue weighted by Crippen LogP contribution is -2.37. The Bertz CT molecular complexity index is 318. The van der Waals surface area contributed by atoms with Crippen molar-refractivity contribution in [2.45, 2.75) is 26.8 Å². The second-order valence-corrected chi connectivity index (χ2v) is 4.71. The Kier molecular flexibility index (Phi) is 3.72. The molecule has 3 N–H and O–H groups in total. The highest BCUT2D eigenvalue weighted by Crippen LogP contribution is 2.36. The molecule has 0 aliphatic rings. The van der Waals surface area contributed by atoms with E-state index in [0.717, 1.165) is 11.3 Å². The average Bonchev–Trinajstić information content (AvgIpc) is 2.17. The van der Waals surface area contributed by atoms with Crippen LogP contribution in [0.15, 0.2) is 24.3 Å². The second-order valence-electron chi connectivity index (χ2n) is 4.71. The van der Waals surface area contributed by atoms with E-state index in [2.05, 4.69) is 26.2 Å². The molecule has 1 unspecified atom stereocenters. The third-order valence-corrected chi connectivity index (χ3v) is 2.48. The first-order valence-corrected chi connectivity index (χ1v) is 5.09. The van der Waals surface area contributed by atoms with Gasteiger partial charge in [-0.3, -0.25) is 11.3 Å². The van der Waals surface area contributed by atoms with Crippen LogP contribution < -0.4 is 16.0 Å². The van der Waals surface area contributed by atoms with Gasteiger partial charge in [-0.2, -0.15) is 0 Å². The van der Waals surface area contributed by atoms with Crippen molar-refractivity contribution >= 4 is 0 Å². The highest BCUT2D eigenvalue weighted by atomic mass is 16.5. The van der Waals surface area contributed by atoms with Gasteiger partial charge in [0.1, 0.15) is 5.75 Å². The number of nitrogens with two attached hydrogens (primary N) is 1. The summed E-state index contributed by atoms with van der Waals surface area (Å²) < 4.78 is 5.33. The summed E-state index contributed by atoms with van der Waals surface area (Å²) in [6.07, 6.45) is 0. The van der Waals surface area contributed by atoms with Gasteiger partial charge < -0.3 is 4.74 Å². The lowest BCUT2D eigenvalue weighted by Gasteiger charge is -2.31. The van der Waals surface area contributed by atoms with Crippen LogP contribution in [0, 0.1) is 5.41 Å². The van der Waals surface area contributed by atoms with Crippen LogP contribution in [-0.4, -0.2) is 7.11 Å². The Morgan fingerprint density at radius 1 is 1.27 bits per heavy atom. The van der Waals surface area contributed by atoms with Crippen molar-refractivity contribution in [3.05, 3.63) is 29.8 Å². The normalized spacial score (nSPS) is 13.7. The number of para-hydroxylation sites is 1. The summed E-state index contributed by atoms with van der Waals surface area (Å²) in [4.78, 5) is 0. The molecule has 0 saturated heterocycles. The monoisotopic (exact) mass is 208 g/mol. The van der Waals surface area contributed by atoms with E-state index >= 15 is 0 Å². The molecule has 0 heterocycles. The molecule has 3 nitrogen and oxygen atoms in total. The SMILES string of the molecule is COc1ccccc1C(NN)C(C)(C)C. The topological polar surface area (TPSA) is 47.3 Å². The molecule has 0 saturated carbocycles. The van der Waals surface area contributed by atoms with E-state index in [0.29, 0.717) is 0 Å². The van der Waals surface area contributed by atoms with Crippen molar-refractivity contribution in [3.8, 4) is 5.75 Å². The molecule has 1 aromatic carbocycles. The Morgan fingerprint density at radius 2 is 1.87 bits per heavy atom. The molecule has 84 valence electrons. The molecule has 0 aliphatic heterocycles. The highest BCUT2D eigenvalue weighted by Gasteiger charge is 2.27. The van der Waals surface area contributed by atoms with E-state index in [1.165, 1.54) is 0 Å². The van der Waals surface area contributed by atoms with Crippen molar-refractivity contribution < 1.29 is 4.74 Å². The summed E-state index contributed by atoms with van der Waals surface area (Å²) in [6, 6.07) is 8.01. The first-order chi connectivity index (χ1) is 7.00. The molecule has 0 fully saturated rings. The zero-order valence-electron chi connectivity index (χ0n) is 9.87. The van der Waals surface area contributed by atoms with Crippen LogP contribution in [0.1, 0.15) is 32.4 Å². The van der Waals surface area contributed by atoms with Crippen molar-refractivity contribution in [1.29, 1.82) is 0 Å².